The van der Waals surface area contributed by atoms with Crippen LogP contribution in [0.4, 0.5) is 0 Å². The molecule has 0 aliphatic rings. The Morgan fingerprint density at radius 1 is 1.44 bits per heavy atom. The Kier molecular flexibility index (Phi) is 3.79. The van der Waals surface area contributed by atoms with Gasteiger partial charge in [0.15, 0.2) is 5.76 Å². The minimum absolute atomic E-state index is 0.0347. The van der Waals surface area contributed by atoms with Crippen molar-refractivity contribution >= 4 is 33.5 Å². The first-order chi connectivity index (χ1) is 7.77. The molecule has 0 N–H and O–H groups in total. The molecule has 3 nitrogen and oxygen atoms in total. The molecule has 0 atom stereocenters. The molecule has 0 saturated carbocycles. The fraction of sp³-hybridized carbons (Fsp3) is 0.0909. The van der Waals surface area contributed by atoms with Gasteiger partial charge in [0.25, 0.3) is 0 Å². The number of rotatable bonds is 4. The summed E-state index contributed by atoms with van der Waals surface area (Å²) >= 11 is 4.76. The van der Waals surface area contributed by atoms with Crippen LogP contribution in [0.2, 0.25) is 0 Å². The Hall–Kier alpha value is -1.07. The molecule has 0 spiro atoms. The zero-order chi connectivity index (χ0) is 11.4. The third-order valence-electron chi connectivity index (χ3n) is 1.86. The van der Waals surface area contributed by atoms with Gasteiger partial charge in [0.1, 0.15) is 5.03 Å². The lowest BCUT2D eigenvalue weighted by Crippen LogP contribution is -2.00. The zero-order valence-electron chi connectivity index (χ0n) is 8.22. The van der Waals surface area contributed by atoms with Gasteiger partial charge in [-0.1, -0.05) is 11.8 Å². The molecule has 2 heterocycles. The molecule has 0 saturated heterocycles. The molecule has 0 radical (unpaired) electrons. The average Bonchev–Trinajstić information content (AvgIpc) is 2.81. The number of aromatic nitrogens is 1. The van der Waals surface area contributed by atoms with Crippen molar-refractivity contribution in [1.82, 2.24) is 4.98 Å². The number of carbonyl (C=O) groups is 1. The van der Waals surface area contributed by atoms with E-state index in [9.17, 15) is 4.79 Å². The lowest BCUT2D eigenvalue weighted by molar-refractivity contribution is 0.0992. The summed E-state index contributed by atoms with van der Waals surface area (Å²) in [5.41, 5.74) is 0. The maximum Gasteiger partial charge on any atom is 0.208 e. The summed E-state index contributed by atoms with van der Waals surface area (Å²) in [6.45, 7) is 0. The molecule has 5 heteroatoms. The maximum absolute atomic E-state index is 11.6. The molecule has 2 rings (SSSR count). The summed E-state index contributed by atoms with van der Waals surface area (Å²) in [5, 5.41) is 0.808. The fourth-order valence-corrected chi connectivity index (χ4v) is 2.47. The first kappa shape index (κ1) is 11.4. The minimum atomic E-state index is -0.0347. The summed E-state index contributed by atoms with van der Waals surface area (Å²) in [6, 6.07) is 7.10. The lowest BCUT2D eigenvalue weighted by atomic mass is 10.3. The van der Waals surface area contributed by atoms with Gasteiger partial charge < -0.3 is 4.42 Å². The highest BCUT2D eigenvalue weighted by Crippen LogP contribution is 2.25. The Morgan fingerprint density at radius 3 is 3.00 bits per heavy atom. The third kappa shape index (κ3) is 2.74. The monoisotopic (exact) mass is 297 g/mol. The minimum Gasteiger partial charge on any atom is -0.461 e. The van der Waals surface area contributed by atoms with Gasteiger partial charge in [0.2, 0.25) is 5.78 Å². The van der Waals surface area contributed by atoms with Crippen LogP contribution in [-0.4, -0.2) is 16.5 Å². The van der Waals surface area contributed by atoms with Crippen LogP contribution in [0.1, 0.15) is 10.6 Å². The molecule has 0 amide bonds. The lowest BCUT2D eigenvalue weighted by Gasteiger charge is -2.00. The Labute approximate surface area is 105 Å². The average molecular weight is 298 g/mol. The number of halogens is 1. The standard InChI is InChI=1S/C11H8BrNO2S/c12-8-3-1-5-13-11(8)16-7-9(14)10-4-2-6-15-10/h1-6H,7H2. The number of hydrogen-bond acceptors (Lipinski definition) is 4. The van der Waals surface area contributed by atoms with Crippen molar-refractivity contribution in [3.8, 4) is 0 Å². The van der Waals surface area contributed by atoms with Gasteiger partial charge in [0, 0.05) is 10.7 Å². The molecule has 2 aromatic heterocycles. The molecule has 0 fully saturated rings. The van der Waals surface area contributed by atoms with E-state index in [1.165, 1.54) is 18.0 Å². The first-order valence-corrected chi connectivity index (χ1v) is 6.35. The van der Waals surface area contributed by atoms with Crippen LogP contribution in [0.5, 0.6) is 0 Å². The van der Waals surface area contributed by atoms with E-state index in [0.717, 1.165) is 9.50 Å². The summed E-state index contributed by atoms with van der Waals surface area (Å²) in [4.78, 5) is 15.8. The summed E-state index contributed by atoms with van der Waals surface area (Å²) in [7, 11) is 0. The van der Waals surface area contributed by atoms with E-state index in [2.05, 4.69) is 20.9 Å². The van der Waals surface area contributed by atoms with Crippen molar-refractivity contribution < 1.29 is 9.21 Å². The number of Topliss-reactive ketones (excluding diaryl/α,β-unsaturated/α-hetero) is 1. The highest BCUT2D eigenvalue weighted by atomic mass is 79.9. The van der Waals surface area contributed by atoms with Crippen molar-refractivity contribution in [3.05, 3.63) is 47.0 Å². The highest BCUT2D eigenvalue weighted by Gasteiger charge is 2.10. The van der Waals surface area contributed by atoms with E-state index in [1.54, 1.807) is 18.3 Å². The van der Waals surface area contributed by atoms with Crippen LogP contribution in [0.3, 0.4) is 0 Å². The second-order valence-corrected chi connectivity index (χ2v) is 4.80. The molecule has 82 valence electrons. The van der Waals surface area contributed by atoms with Crippen LogP contribution >= 0.6 is 27.7 Å². The van der Waals surface area contributed by atoms with Crippen molar-refractivity contribution in [1.29, 1.82) is 0 Å². The van der Waals surface area contributed by atoms with Crippen LogP contribution in [-0.2, 0) is 0 Å². The smallest absolute Gasteiger partial charge is 0.208 e. The summed E-state index contributed by atoms with van der Waals surface area (Å²) in [5.74, 6) is 0.676. The van der Waals surface area contributed by atoms with E-state index in [0.29, 0.717) is 11.5 Å². The van der Waals surface area contributed by atoms with Crippen molar-refractivity contribution in [3.63, 3.8) is 0 Å². The molecule has 0 bridgehead atoms. The SMILES string of the molecule is O=C(CSc1ncccc1Br)c1ccco1. The highest BCUT2D eigenvalue weighted by molar-refractivity contribution is 9.10. The van der Waals surface area contributed by atoms with E-state index >= 15 is 0 Å². The van der Waals surface area contributed by atoms with E-state index in [-0.39, 0.29) is 5.78 Å². The molecule has 2 aromatic rings. The van der Waals surface area contributed by atoms with Gasteiger partial charge in [0.05, 0.1) is 12.0 Å². The van der Waals surface area contributed by atoms with Gasteiger partial charge in [-0.3, -0.25) is 4.79 Å². The van der Waals surface area contributed by atoms with Gasteiger partial charge in [-0.05, 0) is 40.2 Å². The number of ketones is 1. The molecule has 0 unspecified atom stereocenters. The third-order valence-corrected chi connectivity index (χ3v) is 3.77. The largest absolute Gasteiger partial charge is 0.461 e. The predicted octanol–water partition coefficient (Wildman–Crippen LogP) is 3.41. The van der Waals surface area contributed by atoms with Crippen LogP contribution < -0.4 is 0 Å². The first-order valence-electron chi connectivity index (χ1n) is 4.57. The maximum atomic E-state index is 11.6. The summed E-state index contributed by atoms with van der Waals surface area (Å²) < 4.78 is 5.91. The van der Waals surface area contributed by atoms with E-state index in [1.807, 2.05) is 12.1 Å². The molecular weight excluding hydrogens is 290 g/mol. The van der Waals surface area contributed by atoms with Crippen LogP contribution in [0.25, 0.3) is 0 Å². The number of pyridine rings is 1. The molecule has 0 aromatic carbocycles. The van der Waals surface area contributed by atoms with Crippen molar-refractivity contribution in [2.24, 2.45) is 0 Å². The Balaban J connectivity index is 1.98. The Bertz CT molecular complexity index is 484. The normalized spacial score (nSPS) is 10.3. The van der Waals surface area contributed by atoms with Gasteiger partial charge in [-0.15, -0.1) is 0 Å². The van der Waals surface area contributed by atoms with Crippen LogP contribution in [0, 0.1) is 0 Å². The molecule has 16 heavy (non-hydrogen) atoms. The number of thioether (sulfide) groups is 1. The van der Waals surface area contributed by atoms with Crippen molar-refractivity contribution in [2.75, 3.05) is 5.75 Å². The van der Waals surface area contributed by atoms with Crippen LogP contribution in [0.15, 0.2) is 50.6 Å². The number of furan rings is 1. The second kappa shape index (κ2) is 5.32. The topological polar surface area (TPSA) is 43.1 Å². The molecular formula is C11H8BrNO2S. The molecule has 0 aliphatic carbocycles. The number of nitrogens with zero attached hydrogens (tertiary/aromatic N) is 1. The summed E-state index contributed by atoms with van der Waals surface area (Å²) in [6.07, 6.45) is 3.19. The van der Waals surface area contributed by atoms with Gasteiger partial charge in [-0.2, -0.15) is 0 Å². The second-order valence-electron chi connectivity index (χ2n) is 2.98. The number of carbonyl (C=O) groups excluding carboxylic acids is 1. The fourth-order valence-electron chi connectivity index (χ4n) is 1.12. The number of hydrogen-bond donors (Lipinski definition) is 0. The Morgan fingerprint density at radius 2 is 2.31 bits per heavy atom. The van der Waals surface area contributed by atoms with E-state index in [4.69, 9.17) is 4.42 Å². The zero-order valence-corrected chi connectivity index (χ0v) is 10.6. The van der Waals surface area contributed by atoms with Gasteiger partial charge in [-0.25, -0.2) is 4.98 Å². The molecule has 0 aliphatic heterocycles. The van der Waals surface area contributed by atoms with Gasteiger partial charge >= 0.3 is 0 Å². The van der Waals surface area contributed by atoms with Crippen molar-refractivity contribution in [2.45, 2.75) is 5.03 Å². The predicted molar refractivity (Wildman–Crippen MR) is 65.7 cm³/mol. The van der Waals surface area contributed by atoms with E-state index < -0.39 is 0 Å². The quantitative estimate of drug-likeness (QED) is 0.641.